The zero-order valence-corrected chi connectivity index (χ0v) is 17.3. The smallest absolute Gasteiger partial charge is 0.223 e. The van der Waals surface area contributed by atoms with E-state index in [0.717, 1.165) is 18.8 Å². The van der Waals surface area contributed by atoms with Crippen LogP contribution in [0, 0.1) is 17.3 Å². The highest BCUT2D eigenvalue weighted by atomic mass is 16.2. The standard InChI is InChI=1S/C11H21NO.C11H22/c1-11(2,3)12-10(13)9-7-5-4-6-8-9;1-11(2,3)9-10-7-5-4-6-8-10/h9H,4-8H2,1-3H3,(H,12,13);10H,4-9H2,1-3H3. The van der Waals surface area contributed by atoms with Crippen LogP contribution in [0.5, 0.6) is 0 Å². The molecule has 0 heterocycles. The Morgan fingerprint density at radius 3 is 1.67 bits per heavy atom. The third kappa shape index (κ3) is 10.4. The highest BCUT2D eigenvalue weighted by Crippen LogP contribution is 2.33. The Hall–Kier alpha value is -0.530. The third-order valence-corrected chi connectivity index (χ3v) is 5.10. The summed E-state index contributed by atoms with van der Waals surface area (Å²) in [5.74, 6) is 1.59. The van der Waals surface area contributed by atoms with Gasteiger partial charge in [-0.1, -0.05) is 72.1 Å². The van der Waals surface area contributed by atoms with Crippen LogP contribution in [-0.4, -0.2) is 11.4 Å². The molecule has 0 aromatic carbocycles. The molecule has 0 spiro atoms. The fraction of sp³-hybridized carbons (Fsp3) is 0.955. The predicted molar refractivity (Wildman–Crippen MR) is 105 cm³/mol. The molecule has 2 fully saturated rings. The van der Waals surface area contributed by atoms with Crippen molar-refractivity contribution in [2.75, 3.05) is 0 Å². The molecule has 2 heteroatoms. The summed E-state index contributed by atoms with van der Waals surface area (Å²) in [6.45, 7) is 13.2. The van der Waals surface area contributed by atoms with Gasteiger partial charge in [-0.15, -0.1) is 0 Å². The lowest BCUT2D eigenvalue weighted by molar-refractivity contribution is -0.127. The van der Waals surface area contributed by atoms with E-state index in [1.54, 1.807) is 0 Å². The largest absolute Gasteiger partial charge is 0.351 e. The van der Waals surface area contributed by atoms with Gasteiger partial charge >= 0.3 is 0 Å². The van der Waals surface area contributed by atoms with Crippen molar-refractivity contribution in [3.8, 4) is 0 Å². The van der Waals surface area contributed by atoms with Gasteiger partial charge < -0.3 is 5.32 Å². The van der Waals surface area contributed by atoms with Gasteiger partial charge in [0.15, 0.2) is 0 Å². The second-order valence-corrected chi connectivity index (χ2v) is 10.3. The van der Waals surface area contributed by atoms with Crippen molar-refractivity contribution in [1.82, 2.24) is 5.32 Å². The lowest BCUT2D eigenvalue weighted by Gasteiger charge is -2.28. The van der Waals surface area contributed by atoms with Gasteiger partial charge in [0.25, 0.3) is 0 Å². The van der Waals surface area contributed by atoms with Gasteiger partial charge in [0, 0.05) is 11.5 Å². The van der Waals surface area contributed by atoms with Gasteiger partial charge in [-0.25, -0.2) is 0 Å². The van der Waals surface area contributed by atoms with E-state index in [9.17, 15) is 4.79 Å². The molecule has 2 aliphatic rings. The van der Waals surface area contributed by atoms with Crippen LogP contribution in [0.15, 0.2) is 0 Å². The number of carbonyl (C=O) groups is 1. The Kier molecular flexibility index (Phi) is 8.81. The van der Waals surface area contributed by atoms with E-state index in [2.05, 4.69) is 26.1 Å². The maximum absolute atomic E-state index is 11.7. The van der Waals surface area contributed by atoms with Crippen LogP contribution in [0.4, 0.5) is 0 Å². The van der Waals surface area contributed by atoms with Crippen molar-refractivity contribution in [2.45, 2.75) is 118 Å². The zero-order valence-electron chi connectivity index (χ0n) is 17.3. The molecule has 0 unspecified atom stereocenters. The Morgan fingerprint density at radius 2 is 1.25 bits per heavy atom. The van der Waals surface area contributed by atoms with Crippen LogP contribution >= 0.6 is 0 Å². The summed E-state index contributed by atoms with van der Waals surface area (Å²) in [7, 11) is 0. The molecular weight excluding hydrogens is 294 g/mol. The molecule has 0 radical (unpaired) electrons. The fourth-order valence-electron chi connectivity index (χ4n) is 4.09. The molecule has 0 bridgehead atoms. The van der Waals surface area contributed by atoms with E-state index in [1.165, 1.54) is 57.8 Å². The SMILES string of the molecule is CC(C)(C)CC1CCCCC1.CC(C)(C)NC(=O)C1CCCCC1. The Morgan fingerprint density at radius 1 is 0.792 bits per heavy atom. The van der Waals surface area contributed by atoms with Gasteiger partial charge in [-0.2, -0.15) is 0 Å². The van der Waals surface area contributed by atoms with Gasteiger partial charge in [-0.3, -0.25) is 4.79 Å². The monoisotopic (exact) mass is 337 g/mol. The molecule has 0 saturated heterocycles. The summed E-state index contributed by atoms with van der Waals surface area (Å²) >= 11 is 0. The fourth-order valence-corrected chi connectivity index (χ4v) is 4.09. The van der Waals surface area contributed by atoms with E-state index in [-0.39, 0.29) is 17.4 Å². The Bertz CT molecular complexity index is 349. The molecule has 2 aliphatic carbocycles. The molecule has 1 N–H and O–H groups in total. The summed E-state index contributed by atoms with van der Waals surface area (Å²) in [6, 6.07) is 0. The number of hydrogen-bond acceptors (Lipinski definition) is 1. The maximum Gasteiger partial charge on any atom is 0.223 e. The normalized spacial score (nSPS) is 20.9. The summed E-state index contributed by atoms with van der Waals surface area (Å²) in [5, 5.41) is 3.05. The average Bonchev–Trinajstić information content (AvgIpc) is 2.46. The number of amides is 1. The first-order valence-electron chi connectivity index (χ1n) is 10.4. The van der Waals surface area contributed by atoms with Crippen molar-refractivity contribution < 1.29 is 4.79 Å². The molecule has 0 aromatic rings. The lowest BCUT2D eigenvalue weighted by atomic mass is 9.78. The minimum Gasteiger partial charge on any atom is -0.351 e. The minimum absolute atomic E-state index is 0.0749. The molecule has 0 aromatic heterocycles. The molecule has 24 heavy (non-hydrogen) atoms. The number of rotatable bonds is 2. The summed E-state index contributed by atoms with van der Waals surface area (Å²) in [4.78, 5) is 11.7. The van der Waals surface area contributed by atoms with Crippen LogP contribution in [0.1, 0.15) is 112 Å². The van der Waals surface area contributed by atoms with E-state index >= 15 is 0 Å². The van der Waals surface area contributed by atoms with Gasteiger partial charge in [-0.05, 0) is 51.4 Å². The van der Waals surface area contributed by atoms with Crippen LogP contribution in [-0.2, 0) is 4.79 Å². The first-order valence-corrected chi connectivity index (χ1v) is 10.4. The van der Waals surface area contributed by atoms with Crippen LogP contribution in [0.3, 0.4) is 0 Å². The predicted octanol–water partition coefficient (Wildman–Crippen LogP) is 6.48. The number of hydrogen-bond donors (Lipinski definition) is 1. The zero-order chi connectivity index (χ0) is 18.2. The summed E-state index contributed by atoms with van der Waals surface area (Å²) < 4.78 is 0. The van der Waals surface area contributed by atoms with Gasteiger partial charge in [0.1, 0.15) is 0 Å². The van der Waals surface area contributed by atoms with Crippen LogP contribution in [0.2, 0.25) is 0 Å². The highest BCUT2D eigenvalue weighted by Gasteiger charge is 2.24. The van der Waals surface area contributed by atoms with E-state index in [0.29, 0.717) is 5.41 Å². The molecule has 0 atom stereocenters. The van der Waals surface area contributed by atoms with Crippen molar-refractivity contribution in [3.05, 3.63) is 0 Å². The van der Waals surface area contributed by atoms with Crippen LogP contribution in [0.25, 0.3) is 0 Å². The molecule has 0 aliphatic heterocycles. The average molecular weight is 338 g/mol. The maximum atomic E-state index is 11.7. The Balaban J connectivity index is 0.000000243. The van der Waals surface area contributed by atoms with E-state index in [4.69, 9.17) is 0 Å². The van der Waals surface area contributed by atoms with Crippen molar-refractivity contribution in [1.29, 1.82) is 0 Å². The highest BCUT2D eigenvalue weighted by molar-refractivity contribution is 5.79. The molecule has 1 amide bonds. The first-order chi connectivity index (χ1) is 11.1. The molecule has 142 valence electrons. The van der Waals surface area contributed by atoms with Crippen molar-refractivity contribution >= 4 is 5.91 Å². The molecular formula is C22H43NO. The van der Waals surface area contributed by atoms with Crippen molar-refractivity contribution in [3.63, 3.8) is 0 Å². The first kappa shape index (κ1) is 21.5. The van der Waals surface area contributed by atoms with Crippen molar-refractivity contribution in [2.24, 2.45) is 17.3 Å². The Labute approximate surface area is 151 Å². The van der Waals surface area contributed by atoms with Crippen LogP contribution < -0.4 is 5.32 Å². The molecule has 2 rings (SSSR count). The second kappa shape index (κ2) is 9.82. The lowest BCUT2D eigenvalue weighted by Crippen LogP contribution is -2.44. The molecule has 2 nitrogen and oxygen atoms in total. The second-order valence-electron chi connectivity index (χ2n) is 10.3. The third-order valence-electron chi connectivity index (χ3n) is 5.10. The molecule has 2 saturated carbocycles. The number of carbonyl (C=O) groups excluding carboxylic acids is 1. The summed E-state index contributed by atoms with van der Waals surface area (Å²) in [5.41, 5.74) is 0.483. The minimum atomic E-state index is -0.0749. The topological polar surface area (TPSA) is 29.1 Å². The van der Waals surface area contributed by atoms with Gasteiger partial charge in [0.05, 0.1) is 0 Å². The quantitative estimate of drug-likeness (QED) is 0.613. The van der Waals surface area contributed by atoms with Gasteiger partial charge in [0.2, 0.25) is 5.91 Å². The number of nitrogens with one attached hydrogen (secondary N) is 1. The van der Waals surface area contributed by atoms with E-state index < -0.39 is 0 Å². The van der Waals surface area contributed by atoms with E-state index in [1.807, 2.05) is 20.8 Å². The summed E-state index contributed by atoms with van der Waals surface area (Å²) in [6.07, 6.45) is 14.8.